The quantitative estimate of drug-likeness (QED) is 0.486. The minimum absolute atomic E-state index is 0.194. The van der Waals surface area contributed by atoms with Crippen LogP contribution in [0.4, 0.5) is 0 Å². The van der Waals surface area contributed by atoms with Crippen LogP contribution in [0.25, 0.3) is 33.1 Å². The number of halogens is 1. The summed E-state index contributed by atoms with van der Waals surface area (Å²) in [5.41, 5.74) is 3.47. The number of aryl methyl sites for hydroxylation is 2. The summed E-state index contributed by atoms with van der Waals surface area (Å²) in [6, 6.07) is 5.04. The van der Waals surface area contributed by atoms with Crippen molar-refractivity contribution in [2.75, 3.05) is 13.7 Å². The van der Waals surface area contributed by atoms with Gasteiger partial charge in [0.15, 0.2) is 0 Å². The van der Waals surface area contributed by atoms with Gasteiger partial charge in [-0.1, -0.05) is 11.6 Å². The van der Waals surface area contributed by atoms with Crippen molar-refractivity contribution in [2.45, 2.75) is 27.3 Å². The summed E-state index contributed by atoms with van der Waals surface area (Å²) in [5, 5.41) is 4.68. The van der Waals surface area contributed by atoms with Gasteiger partial charge in [0.2, 0.25) is 0 Å². The van der Waals surface area contributed by atoms with E-state index >= 15 is 0 Å². The highest BCUT2D eigenvalue weighted by Crippen LogP contribution is 2.35. The Morgan fingerprint density at radius 3 is 2.71 bits per heavy atom. The molecule has 8 heteroatoms. The Labute approximate surface area is 184 Å². The molecule has 0 fully saturated rings. The summed E-state index contributed by atoms with van der Waals surface area (Å²) in [7, 11) is 1.51. The van der Waals surface area contributed by atoms with E-state index in [9.17, 15) is 9.59 Å². The average Bonchev–Trinajstić information content (AvgIpc) is 3.15. The zero-order valence-corrected chi connectivity index (χ0v) is 18.6. The lowest BCUT2D eigenvalue weighted by Crippen LogP contribution is -2.24. The van der Waals surface area contributed by atoms with Crippen LogP contribution in [0, 0.1) is 6.92 Å². The maximum absolute atomic E-state index is 13.6. The third kappa shape index (κ3) is 3.35. The minimum Gasteiger partial charge on any atom is -0.497 e. The van der Waals surface area contributed by atoms with Gasteiger partial charge < -0.3 is 19.6 Å². The number of ether oxygens (including phenoxy) is 1. The first kappa shape index (κ1) is 20.9. The van der Waals surface area contributed by atoms with Gasteiger partial charge in [-0.25, -0.2) is 4.98 Å². The second-order valence-corrected chi connectivity index (χ2v) is 7.64. The van der Waals surface area contributed by atoms with Crippen LogP contribution in [0.2, 0.25) is 5.02 Å². The fourth-order valence-corrected chi connectivity index (χ4v) is 4.23. The van der Waals surface area contributed by atoms with Crippen molar-refractivity contribution in [1.29, 1.82) is 0 Å². The summed E-state index contributed by atoms with van der Waals surface area (Å²) < 4.78 is 7.10. The number of nitrogens with one attached hydrogen (secondary N) is 2. The van der Waals surface area contributed by atoms with E-state index in [1.54, 1.807) is 29.0 Å². The molecule has 0 spiro atoms. The second-order valence-electron chi connectivity index (χ2n) is 7.26. The fraction of sp³-hybridized carbons (Fsp3) is 0.261. The number of carbonyl (C=O) groups is 1. The molecule has 31 heavy (non-hydrogen) atoms. The zero-order valence-electron chi connectivity index (χ0n) is 17.8. The van der Waals surface area contributed by atoms with Gasteiger partial charge >= 0.3 is 0 Å². The third-order valence-electron chi connectivity index (χ3n) is 5.42. The molecule has 160 valence electrons. The lowest BCUT2D eigenvalue weighted by Gasteiger charge is -2.16. The molecule has 0 aliphatic carbocycles. The number of fused-ring (bicyclic) bond motifs is 3. The van der Waals surface area contributed by atoms with Crippen LogP contribution < -0.4 is 15.6 Å². The molecule has 3 aromatic heterocycles. The lowest BCUT2D eigenvalue weighted by atomic mass is 10.0. The Morgan fingerprint density at radius 2 is 2.03 bits per heavy atom. The van der Waals surface area contributed by atoms with Crippen LogP contribution in [0.1, 0.15) is 29.8 Å². The highest BCUT2D eigenvalue weighted by molar-refractivity contribution is 6.36. The average molecular weight is 439 g/mol. The normalized spacial score (nSPS) is 11.3. The summed E-state index contributed by atoms with van der Waals surface area (Å²) in [5.74, 6) is 0.119. The van der Waals surface area contributed by atoms with Crippen molar-refractivity contribution >= 4 is 39.4 Å². The van der Waals surface area contributed by atoms with Gasteiger partial charge in [-0.05, 0) is 44.5 Å². The summed E-state index contributed by atoms with van der Waals surface area (Å²) in [4.78, 5) is 33.8. The number of methoxy groups -OCH3 is 1. The van der Waals surface area contributed by atoms with Crippen molar-refractivity contribution in [3.8, 4) is 16.9 Å². The van der Waals surface area contributed by atoms with Gasteiger partial charge in [0.05, 0.1) is 23.2 Å². The molecule has 1 aromatic carbocycles. The van der Waals surface area contributed by atoms with Crippen LogP contribution >= 0.6 is 11.6 Å². The van der Waals surface area contributed by atoms with E-state index < -0.39 is 0 Å². The third-order valence-corrected chi connectivity index (χ3v) is 5.82. The van der Waals surface area contributed by atoms with Crippen molar-refractivity contribution < 1.29 is 9.53 Å². The minimum atomic E-state index is -0.324. The number of rotatable bonds is 5. The Hall–Kier alpha value is -3.32. The standard InChI is InChI=1S/C23H23ClN4O3/c1-5-25-22(29)17-9-14(31-4)8-15(19(17)24)16-7-13-11-27-21-18(12(3)10-26-21)20(13)28(6-2)23(16)30/h7-11H,5-6H2,1-4H3,(H,25,29)(H,26,27). The molecule has 0 unspecified atom stereocenters. The Bertz CT molecular complexity index is 1390. The van der Waals surface area contributed by atoms with Gasteiger partial charge in [-0.3, -0.25) is 9.59 Å². The topological polar surface area (TPSA) is 89.0 Å². The maximum Gasteiger partial charge on any atom is 0.258 e. The molecular weight excluding hydrogens is 416 g/mol. The van der Waals surface area contributed by atoms with Crippen LogP contribution in [-0.2, 0) is 6.54 Å². The monoisotopic (exact) mass is 438 g/mol. The lowest BCUT2D eigenvalue weighted by molar-refractivity contribution is 0.0955. The van der Waals surface area contributed by atoms with E-state index in [-0.39, 0.29) is 22.1 Å². The van der Waals surface area contributed by atoms with Crippen LogP contribution in [-0.4, -0.2) is 34.1 Å². The molecule has 2 N–H and O–H groups in total. The number of H-pyrrole nitrogens is 1. The molecule has 4 rings (SSSR count). The molecule has 0 atom stereocenters. The smallest absolute Gasteiger partial charge is 0.258 e. The first-order valence-corrected chi connectivity index (χ1v) is 10.4. The largest absolute Gasteiger partial charge is 0.497 e. The molecule has 0 radical (unpaired) electrons. The summed E-state index contributed by atoms with van der Waals surface area (Å²) in [6.07, 6.45) is 3.62. The van der Waals surface area contributed by atoms with Crippen LogP contribution in [0.15, 0.2) is 35.4 Å². The molecule has 0 aliphatic rings. The molecule has 0 aliphatic heterocycles. The summed E-state index contributed by atoms with van der Waals surface area (Å²) in [6.45, 7) is 6.66. The molecule has 4 aromatic rings. The van der Waals surface area contributed by atoms with Crippen molar-refractivity contribution in [3.05, 3.63) is 57.1 Å². The zero-order chi connectivity index (χ0) is 22.3. The molecule has 1 amide bonds. The number of amides is 1. The predicted molar refractivity (Wildman–Crippen MR) is 123 cm³/mol. The van der Waals surface area contributed by atoms with E-state index in [0.29, 0.717) is 30.0 Å². The van der Waals surface area contributed by atoms with Crippen LogP contribution in [0.3, 0.4) is 0 Å². The highest BCUT2D eigenvalue weighted by atomic mass is 35.5. The van der Waals surface area contributed by atoms with Crippen molar-refractivity contribution in [1.82, 2.24) is 19.9 Å². The number of pyridine rings is 2. The number of nitrogens with zero attached hydrogens (tertiary/aromatic N) is 2. The van der Waals surface area contributed by atoms with Gasteiger partial charge in [0, 0.05) is 47.4 Å². The summed E-state index contributed by atoms with van der Waals surface area (Å²) >= 11 is 6.64. The van der Waals surface area contributed by atoms with Gasteiger partial charge in [0.1, 0.15) is 11.4 Å². The molecular formula is C23H23ClN4O3. The number of benzene rings is 1. The fourth-order valence-electron chi connectivity index (χ4n) is 3.94. The maximum atomic E-state index is 13.6. The molecule has 7 nitrogen and oxygen atoms in total. The van der Waals surface area contributed by atoms with Crippen LogP contribution in [0.5, 0.6) is 5.75 Å². The Morgan fingerprint density at radius 1 is 1.26 bits per heavy atom. The SMILES string of the molecule is CCNC(=O)c1cc(OC)cc(-c2cc3cnc4[nH]cc(C)c4c3n(CC)c2=O)c1Cl. The van der Waals surface area contributed by atoms with Gasteiger partial charge in [-0.15, -0.1) is 0 Å². The van der Waals surface area contributed by atoms with E-state index in [4.69, 9.17) is 16.3 Å². The van der Waals surface area contributed by atoms with E-state index in [1.807, 2.05) is 27.0 Å². The predicted octanol–water partition coefficient (Wildman–Crippen LogP) is 4.28. The number of hydrogen-bond donors (Lipinski definition) is 2. The first-order valence-electron chi connectivity index (χ1n) is 10.1. The number of carbonyl (C=O) groups excluding carboxylic acids is 1. The Kier molecular flexibility index (Phi) is 5.45. The number of aromatic nitrogens is 3. The molecule has 0 saturated carbocycles. The Balaban J connectivity index is 2.08. The molecule has 0 bridgehead atoms. The van der Waals surface area contributed by atoms with E-state index in [0.717, 1.165) is 27.5 Å². The second kappa shape index (κ2) is 8.07. The molecule has 3 heterocycles. The highest BCUT2D eigenvalue weighted by Gasteiger charge is 2.21. The van der Waals surface area contributed by atoms with Crippen molar-refractivity contribution in [3.63, 3.8) is 0 Å². The van der Waals surface area contributed by atoms with E-state index in [2.05, 4.69) is 15.3 Å². The van der Waals surface area contributed by atoms with Gasteiger partial charge in [0.25, 0.3) is 11.5 Å². The number of hydrogen-bond acceptors (Lipinski definition) is 4. The number of aromatic amines is 1. The first-order chi connectivity index (χ1) is 14.9. The van der Waals surface area contributed by atoms with E-state index in [1.165, 1.54) is 7.11 Å². The molecule has 0 saturated heterocycles. The van der Waals surface area contributed by atoms with Crippen molar-refractivity contribution in [2.24, 2.45) is 0 Å². The van der Waals surface area contributed by atoms with Gasteiger partial charge in [-0.2, -0.15) is 0 Å².